The van der Waals surface area contributed by atoms with E-state index in [0.29, 0.717) is 11.7 Å². The van der Waals surface area contributed by atoms with E-state index >= 15 is 0 Å². The zero-order valence-corrected chi connectivity index (χ0v) is 13.8. The minimum atomic E-state index is -0.979. The van der Waals surface area contributed by atoms with Crippen molar-refractivity contribution in [1.29, 1.82) is 0 Å². The molecule has 1 aromatic heterocycles. The lowest BCUT2D eigenvalue weighted by atomic mass is 10.2. The molecular formula is C16H18N2O4S. The maximum Gasteiger partial charge on any atom is 0.303 e. The molecular weight excluding hydrogens is 316 g/mol. The number of carbonyl (C=O) groups excluding carboxylic acids is 1. The number of anilines is 1. The molecule has 7 heteroatoms. The summed E-state index contributed by atoms with van der Waals surface area (Å²) in [5.74, 6) is -0.443. The van der Waals surface area contributed by atoms with Gasteiger partial charge in [0.15, 0.2) is 5.13 Å². The van der Waals surface area contributed by atoms with Crippen molar-refractivity contribution in [3.63, 3.8) is 0 Å². The SMILES string of the molecule is CCN(C(=O)CCC(=O)O)c1nc(-c2ccc(OC)cc2)cs1. The molecule has 0 saturated heterocycles. The van der Waals surface area contributed by atoms with Crippen LogP contribution in [0.5, 0.6) is 5.75 Å². The molecule has 2 rings (SSSR count). The number of carbonyl (C=O) groups is 2. The van der Waals surface area contributed by atoms with Gasteiger partial charge in [-0.15, -0.1) is 11.3 Å². The second kappa shape index (κ2) is 7.73. The van der Waals surface area contributed by atoms with Gasteiger partial charge in [-0.25, -0.2) is 4.98 Å². The van der Waals surface area contributed by atoms with Crippen molar-refractivity contribution in [2.24, 2.45) is 0 Å². The highest BCUT2D eigenvalue weighted by Crippen LogP contribution is 2.29. The molecule has 6 nitrogen and oxygen atoms in total. The van der Waals surface area contributed by atoms with Gasteiger partial charge in [0.2, 0.25) is 5.91 Å². The van der Waals surface area contributed by atoms with Gasteiger partial charge >= 0.3 is 5.97 Å². The number of rotatable bonds is 7. The van der Waals surface area contributed by atoms with E-state index in [1.165, 1.54) is 16.2 Å². The third-order valence-electron chi connectivity index (χ3n) is 3.28. The van der Waals surface area contributed by atoms with Crippen LogP contribution in [0.4, 0.5) is 5.13 Å². The highest BCUT2D eigenvalue weighted by molar-refractivity contribution is 7.14. The van der Waals surface area contributed by atoms with Gasteiger partial charge in [-0.05, 0) is 31.2 Å². The van der Waals surface area contributed by atoms with Crippen LogP contribution in [-0.2, 0) is 9.59 Å². The Morgan fingerprint density at radius 2 is 1.96 bits per heavy atom. The Morgan fingerprint density at radius 1 is 1.26 bits per heavy atom. The van der Waals surface area contributed by atoms with E-state index in [1.807, 2.05) is 36.6 Å². The van der Waals surface area contributed by atoms with E-state index in [2.05, 4.69) is 4.98 Å². The smallest absolute Gasteiger partial charge is 0.303 e. The van der Waals surface area contributed by atoms with Crippen LogP contribution in [0.15, 0.2) is 29.6 Å². The van der Waals surface area contributed by atoms with E-state index in [-0.39, 0.29) is 18.7 Å². The molecule has 122 valence electrons. The highest BCUT2D eigenvalue weighted by atomic mass is 32.1. The third kappa shape index (κ3) is 4.29. The highest BCUT2D eigenvalue weighted by Gasteiger charge is 2.18. The minimum Gasteiger partial charge on any atom is -0.497 e. The fourth-order valence-corrected chi connectivity index (χ4v) is 2.96. The maximum absolute atomic E-state index is 12.1. The zero-order chi connectivity index (χ0) is 16.8. The molecule has 0 aliphatic carbocycles. The second-order valence-electron chi connectivity index (χ2n) is 4.78. The maximum atomic E-state index is 12.1. The number of ether oxygens (including phenoxy) is 1. The number of thiazole rings is 1. The monoisotopic (exact) mass is 334 g/mol. The van der Waals surface area contributed by atoms with E-state index < -0.39 is 5.97 Å². The number of nitrogens with zero attached hydrogens (tertiary/aromatic N) is 2. The van der Waals surface area contributed by atoms with Crippen LogP contribution in [0.25, 0.3) is 11.3 Å². The number of carboxylic acids is 1. The quantitative estimate of drug-likeness (QED) is 0.842. The molecule has 0 radical (unpaired) electrons. The van der Waals surface area contributed by atoms with Crippen LogP contribution in [0, 0.1) is 0 Å². The summed E-state index contributed by atoms with van der Waals surface area (Å²) < 4.78 is 5.12. The van der Waals surface area contributed by atoms with Gasteiger partial charge in [0.1, 0.15) is 5.75 Å². The third-order valence-corrected chi connectivity index (χ3v) is 4.14. The topological polar surface area (TPSA) is 79.7 Å². The number of aliphatic carboxylic acids is 1. The van der Waals surface area contributed by atoms with Crippen molar-refractivity contribution >= 4 is 28.3 Å². The van der Waals surface area contributed by atoms with Crippen molar-refractivity contribution in [2.75, 3.05) is 18.6 Å². The second-order valence-corrected chi connectivity index (χ2v) is 5.61. The summed E-state index contributed by atoms with van der Waals surface area (Å²) in [7, 11) is 1.61. The Kier molecular flexibility index (Phi) is 5.70. The largest absolute Gasteiger partial charge is 0.497 e. The van der Waals surface area contributed by atoms with Gasteiger partial charge < -0.3 is 9.84 Å². The molecule has 23 heavy (non-hydrogen) atoms. The van der Waals surface area contributed by atoms with E-state index in [4.69, 9.17) is 9.84 Å². The van der Waals surface area contributed by atoms with Crippen molar-refractivity contribution in [3.05, 3.63) is 29.6 Å². The Labute approximate surface area is 138 Å². The summed E-state index contributed by atoms with van der Waals surface area (Å²) in [5.41, 5.74) is 1.71. The molecule has 0 atom stereocenters. The number of aromatic nitrogens is 1. The van der Waals surface area contributed by atoms with Gasteiger partial charge in [-0.1, -0.05) is 0 Å². The molecule has 0 bridgehead atoms. The van der Waals surface area contributed by atoms with Crippen LogP contribution in [-0.4, -0.2) is 35.6 Å². The molecule has 1 amide bonds. The molecule has 0 unspecified atom stereocenters. The summed E-state index contributed by atoms with van der Waals surface area (Å²) in [6.07, 6.45) is -0.202. The molecule has 2 aromatic rings. The van der Waals surface area contributed by atoms with Gasteiger partial charge in [0, 0.05) is 23.9 Å². The number of carboxylic acid groups (broad SMARTS) is 1. The standard InChI is InChI=1S/C16H18N2O4S/c1-3-18(14(19)8-9-15(20)21)16-17-13(10-23-16)11-4-6-12(22-2)7-5-11/h4-7,10H,3,8-9H2,1-2H3,(H,20,21). The van der Waals surface area contributed by atoms with Crippen molar-refractivity contribution in [3.8, 4) is 17.0 Å². The number of hydrogen-bond acceptors (Lipinski definition) is 5. The van der Waals surface area contributed by atoms with Crippen molar-refractivity contribution in [2.45, 2.75) is 19.8 Å². The molecule has 0 fully saturated rings. The van der Waals surface area contributed by atoms with Crippen LogP contribution in [0.3, 0.4) is 0 Å². The van der Waals surface area contributed by atoms with E-state index in [1.54, 1.807) is 7.11 Å². The average Bonchev–Trinajstić information content (AvgIpc) is 3.03. The molecule has 1 N–H and O–H groups in total. The first-order chi connectivity index (χ1) is 11.0. The van der Waals surface area contributed by atoms with Crippen molar-refractivity contribution < 1.29 is 19.4 Å². The first kappa shape index (κ1) is 17.0. The summed E-state index contributed by atoms with van der Waals surface area (Å²) in [6, 6.07) is 7.51. The molecule has 1 aromatic carbocycles. The summed E-state index contributed by atoms with van der Waals surface area (Å²) in [4.78, 5) is 28.7. The number of amides is 1. The van der Waals surface area contributed by atoms with Gasteiger partial charge in [0.25, 0.3) is 0 Å². The van der Waals surface area contributed by atoms with Gasteiger partial charge in [-0.2, -0.15) is 0 Å². The summed E-state index contributed by atoms with van der Waals surface area (Å²) in [6.45, 7) is 2.29. The minimum absolute atomic E-state index is 0.0272. The van der Waals surface area contributed by atoms with Crippen LogP contribution in [0.2, 0.25) is 0 Å². The Bertz CT molecular complexity index is 682. The Balaban J connectivity index is 2.15. The summed E-state index contributed by atoms with van der Waals surface area (Å²) >= 11 is 1.36. The van der Waals surface area contributed by atoms with Gasteiger partial charge in [-0.3, -0.25) is 14.5 Å². The lowest BCUT2D eigenvalue weighted by molar-refractivity contribution is -0.138. The summed E-state index contributed by atoms with van der Waals surface area (Å²) in [5, 5.41) is 11.1. The van der Waals surface area contributed by atoms with Crippen LogP contribution >= 0.6 is 11.3 Å². The first-order valence-electron chi connectivity index (χ1n) is 7.17. The fraction of sp³-hybridized carbons (Fsp3) is 0.312. The lowest BCUT2D eigenvalue weighted by Crippen LogP contribution is -2.30. The molecule has 0 spiro atoms. The van der Waals surface area contributed by atoms with Gasteiger partial charge in [0.05, 0.1) is 19.2 Å². The predicted octanol–water partition coefficient (Wildman–Crippen LogP) is 3.04. The Hall–Kier alpha value is -2.41. The van der Waals surface area contributed by atoms with E-state index in [9.17, 15) is 9.59 Å². The fourth-order valence-electron chi connectivity index (χ4n) is 2.05. The van der Waals surface area contributed by atoms with Crippen LogP contribution in [0.1, 0.15) is 19.8 Å². The molecule has 0 saturated carbocycles. The average molecular weight is 334 g/mol. The first-order valence-corrected chi connectivity index (χ1v) is 8.05. The number of hydrogen-bond donors (Lipinski definition) is 1. The molecule has 0 aliphatic heterocycles. The molecule has 0 aliphatic rings. The molecule has 1 heterocycles. The van der Waals surface area contributed by atoms with Crippen LogP contribution < -0.4 is 9.64 Å². The van der Waals surface area contributed by atoms with E-state index in [0.717, 1.165) is 17.0 Å². The predicted molar refractivity (Wildman–Crippen MR) is 89.0 cm³/mol. The lowest BCUT2D eigenvalue weighted by Gasteiger charge is -2.17. The number of methoxy groups -OCH3 is 1. The zero-order valence-electron chi connectivity index (χ0n) is 13.0. The Morgan fingerprint density at radius 3 is 2.52 bits per heavy atom. The normalized spacial score (nSPS) is 10.3. The number of benzene rings is 1. The van der Waals surface area contributed by atoms with Crippen molar-refractivity contribution in [1.82, 2.24) is 4.98 Å².